The van der Waals surface area contributed by atoms with Gasteiger partial charge in [0.15, 0.2) is 5.82 Å². The summed E-state index contributed by atoms with van der Waals surface area (Å²) >= 11 is 3.40. The number of benzene rings is 2. The molecule has 1 aliphatic rings. The number of likely N-dealkylation sites (N-methyl/N-ethyl adjacent to an activating group) is 1. The lowest BCUT2D eigenvalue weighted by Crippen LogP contribution is -2.40. The van der Waals surface area contributed by atoms with Crippen molar-refractivity contribution in [3.63, 3.8) is 0 Å². The maximum Gasteiger partial charge on any atom is 0.289 e. The lowest BCUT2D eigenvalue weighted by atomic mass is 10.1. The van der Waals surface area contributed by atoms with E-state index in [9.17, 15) is 9.59 Å². The molecule has 0 spiro atoms. The molecule has 0 atom stereocenters. The number of hydrogen-bond acceptors (Lipinski definition) is 3. The predicted octanol–water partition coefficient (Wildman–Crippen LogP) is 3.20. The van der Waals surface area contributed by atoms with Gasteiger partial charge in [0.05, 0.1) is 11.0 Å². The molecule has 0 bridgehead atoms. The number of carbonyl (C=O) groups is 2. The third kappa shape index (κ3) is 3.35. The summed E-state index contributed by atoms with van der Waals surface area (Å²) in [5.41, 5.74) is 3.12. The number of nitrogens with one attached hydrogen (secondary N) is 1. The first-order chi connectivity index (χ1) is 13.1. The Morgan fingerprint density at radius 2 is 1.96 bits per heavy atom. The molecule has 3 aromatic rings. The van der Waals surface area contributed by atoms with E-state index in [-0.39, 0.29) is 11.8 Å². The molecule has 7 heteroatoms. The van der Waals surface area contributed by atoms with Crippen molar-refractivity contribution in [2.45, 2.75) is 20.0 Å². The average Bonchev–Trinajstić information content (AvgIpc) is 3.06. The van der Waals surface area contributed by atoms with E-state index < -0.39 is 0 Å². The Balaban J connectivity index is 1.55. The van der Waals surface area contributed by atoms with E-state index in [1.807, 2.05) is 41.8 Å². The van der Waals surface area contributed by atoms with E-state index in [2.05, 4.69) is 26.2 Å². The largest absolute Gasteiger partial charge is 0.348 e. The summed E-state index contributed by atoms with van der Waals surface area (Å²) in [6.45, 7) is 4.49. The summed E-state index contributed by atoms with van der Waals surface area (Å²) in [5.74, 6) is 0.235. The van der Waals surface area contributed by atoms with E-state index in [4.69, 9.17) is 0 Å². The SMILES string of the molecule is CCN1CCn2c(nc3cc(C(=O)NCc4ccc(Br)cc4)ccc32)C1=O. The lowest BCUT2D eigenvalue weighted by Gasteiger charge is -2.26. The van der Waals surface area contributed by atoms with Gasteiger partial charge in [-0.05, 0) is 42.8 Å². The monoisotopic (exact) mass is 426 g/mol. The molecule has 0 unspecified atom stereocenters. The van der Waals surface area contributed by atoms with Gasteiger partial charge in [0.25, 0.3) is 11.8 Å². The molecule has 27 heavy (non-hydrogen) atoms. The van der Waals surface area contributed by atoms with Gasteiger partial charge >= 0.3 is 0 Å². The van der Waals surface area contributed by atoms with Crippen LogP contribution in [0, 0.1) is 0 Å². The van der Waals surface area contributed by atoms with Gasteiger partial charge in [0.1, 0.15) is 0 Å². The van der Waals surface area contributed by atoms with Gasteiger partial charge in [-0.3, -0.25) is 9.59 Å². The Kier molecular flexibility index (Phi) is 4.70. The quantitative estimate of drug-likeness (QED) is 0.696. The summed E-state index contributed by atoms with van der Waals surface area (Å²) in [7, 11) is 0. The minimum atomic E-state index is -0.160. The Labute approximate surface area is 165 Å². The normalized spacial score (nSPS) is 13.7. The smallest absolute Gasteiger partial charge is 0.289 e. The maximum absolute atomic E-state index is 12.5. The number of amides is 2. The van der Waals surface area contributed by atoms with Crippen LogP contribution >= 0.6 is 15.9 Å². The van der Waals surface area contributed by atoms with Crippen LogP contribution in [0.3, 0.4) is 0 Å². The molecule has 0 saturated carbocycles. The Morgan fingerprint density at radius 3 is 2.70 bits per heavy atom. The molecule has 1 aliphatic heterocycles. The Morgan fingerprint density at radius 1 is 1.19 bits per heavy atom. The van der Waals surface area contributed by atoms with Gasteiger partial charge in [0.2, 0.25) is 0 Å². The van der Waals surface area contributed by atoms with Gasteiger partial charge in [0, 0.05) is 36.2 Å². The number of imidazole rings is 1. The molecule has 138 valence electrons. The zero-order valence-electron chi connectivity index (χ0n) is 14.9. The number of nitrogens with zero attached hydrogens (tertiary/aromatic N) is 3. The van der Waals surface area contributed by atoms with Crippen molar-refractivity contribution in [2.24, 2.45) is 0 Å². The van der Waals surface area contributed by atoms with E-state index >= 15 is 0 Å². The molecular weight excluding hydrogens is 408 g/mol. The first-order valence-corrected chi connectivity index (χ1v) is 9.68. The summed E-state index contributed by atoms with van der Waals surface area (Å²) < 4.78 is 2.94. The highest BCUT2D eigenvalue weighted by molar-refractivity contribution is 9.10. The molecule has 0 radical (unpaired) electrons. The van der Waals surface area contributed by atoms with Crippen LogP contribution < -0.4 is 5.32 Å². The zero-order chi connectivity index (χ0) is 19.0. The second-order valence-corrected chi connectivity index (χ2v) is 7.40. The van der Waals surface area contributed by atoms with Crippen LogP contribution in [-0.2, 0) is 13.1 Å². The molecule has 2 heterocycles. The van der Waals surface area contributed by atoms with Crippen molar-refractivity contribution in [3.8, 4) is 0 Å². The number of hydrogen-bond donors (Lipinski definition) is 1. The predicted molar refractivity (Wildman–Crippen MR) is 107 cm³/mol. The highest BCUT2D eigenvalue weighted by Crippen LogP contribution is 2.22. The van der Waals surface area contributed by atoms with Crippen LogP contribution in [-0.4, -0.2) is 39.4 Å². The third-order valence-corrected chi connectivity index (χ3v) is 5.36. The Hall–Kier alpha value is -2.67. The number of halogens is 1. The number of rotatable bonds is 4. The van der Waals surface area contributed by atoms with E-state index in [1.54, 1.807) is 17.0 Å². The lowest BCUT2D eigenvalue weighted by molar-refractivity contribution is 0.0709. The highest BCUT2D eigenvalue weighted by Gasteiger charge is 2.27. The first kappa shape index (κ1) is 17.7. The highest BCUT2D eigenvalue weighted by atomic mass is 79.9. The third-order valence-electron chi connectivity index (χ3n) is 4.83. The minimum absolute atomic E-state index is 0.0545. The van der Waals surface area contributed by atoms with E-state index in [1.165, 1.54) is 0 Å². The zero-order valence-corrected chi connectivity index (χ0v) is 16.5. The molecule has 6 nitrogen and oxygen atoms in total. The van der Waals surface area contributed by atoms with E-state index in [0.29, 0.717) is 36.5 Å². The standard InChI is InChI=1S/C20H19BrN4O2/c1-2-24-9-10-25-17-8-5-14(11-16(17)23-18(25)20(24)27)19(26)22-12-13-3-6-15(21)7-4-13/h3-8,11H,2,9-10,12H2,1H3,(H,22,26). The fraction of sp³-hybridized carbons (Fsp3) is 0.250. The maximum atomic E-state index is 12.5. The van der Waals surface area contributed by atoms with Gasteiger partial charge in [-0.2, -0.15) is 0 Å². The molecule has 1 aromatic heterocycles. The van der Waals surface area contributed by atoms with Crippen molar-refractivity contribution in [1.29, 1.82) is 0 Å². The summed E-state index contributed by atoms with van der Waals surface area (Å²) in [5, 5.41) is 2.92. The van der Waals surface area contributed by atoms with Crippen LogP contribution in [0.25, 0.3) is 11.0 Å². The van der Waals surface area contributed by atoms with Gasteiger partial charge in [-0.1, -0.05) is 28.1 Å². The number of fused-ring (bicyclic) bond motifs is 3. The number of carbonyl (C=O) groups excluding carboxylic acids is 2. The van der Waals surface area contributed by atoms with E-state index in [0.717, 1.165) is 22.1 Å². The van der Waals surface area contributed by atoms with Crippen LogP contribution in [0.15, 0.2) is 46.9 Å². The molecular formula is C20H19BrN4O2. The first-order valence-electron chi connectivity index (χ1n) is 8.89. The van der Waals surface area contributed by atoms with Crippen LogP contribution in [0.5, 0.6) is 0 Å². The van der Waals surface area contributed by atoms with Crippen LogP contribution in [0.2, 0.25) is 0 Å². The van der Waals surface area contributed by atoms with Crippen LogP contribution in [0.4, 0.5) is 0 Å². The van der Waals surface area contributed by atoms with Gasteiger partial charge < -0.3 is 14.8 Å². The average molecular weight is 427 g/mol. The van der Waals surface area contributed by atoms with Crippen molar-refractivity contribution >= 4 is 38.8 Å². The fourth-order valence-electron chi connectivity index (χ4n) is 3.31. The summed E-state index contributed by atoms with van der Waals surface area (Å²) in [6, 6.07) is 13.2. The Bertz CT molecular complexity index is 1030. The van der Waals surface area contributed by atoms with Gasteiger partial charge in [-0.25, -0.2) is 4.98 Å². The minimum Gasteiger partial charge on any atom is -0.348 e. The summed E-state index contributed by atoms with van der Waals surface area (Å²) in [6.07, 6.45) is 0. The van der Waals surface area contributed by atoms with Crippen molar-refractivity contribution in [2.75, 3.05) is 13.1 Å². The molecule has 0 saturated heterocycles. The van der Waals surface area contributed by atoms with Gasteiger partial charge in [-0.15, -0.1) is 0 Å². The summed E-state index contributed by atoms with van der Waals surface area (Å²) in [4.78, 5) is 31.3. The fourth-order valence-corrected chi connectivity index (χ4v) is 3.58. The van der Waals surface area contributed by atoms with Crippen molar-refractivity contribution in [3.05, 3.63) is 63.9 Å². The molecule has 2 aromatic carbocycles. The van der Waals surface area contributed by atoms with Crippen molar-refractivity contribution < 1.29 is 9.59 Å². The second kappa shape index (κ2) is 7.15. The molecule has 2 amide bonds. The number of aromatic nitrogens is 2. The van der Waals surface area contributed by atoms with Crippen LogP contribution in [0.1, 0.15) is 33.5 Å². The molecule has 0 aliphatic carbocycles. The second-order valence-electron chi connectivity index (χ2n) is 6.48. The van der Waals surface area contributed by atoms with Crippen molar-refractivity contribution in [1.82, 2.24) is 19.8 Å². The topological polar surface area (TPSA) is 67.2 Å². The molecule has 1 N–H and O–H groups in total. The molecule has 0 fully saturated rings. The molecule has 4 rings (SSSR count).